The summed E-state index contributed by atoms with van der Waals surface area (Å²) in [6.45, 7) is 18.1. The number of benzene rings is 2. The summed E-state index contributed by atoms with van der Waals surface area (Å²) in [5, 5.41) is 22.4. The van der Waals surface area contributed by atoms with E-state index < -0.39 is 5.97 Å². The van der Waals surface area contributed by atoms with Gasteiger partial charge in [-0.2, -0.15) is 5.26 Å². The molecular weight excluding hydrogens is 625 g/mol. The van der Waals surface area contributed by atoms with Crippen LogP contribution in [-0.4, -0.2) is 15.6 Å². The summed E-state index contributed by atoms with van der Waals surface area (Å²) in [6, 6.07) is 24.6. The van der Waals surface area contributed by atoms with Gasteiger partial charge in [0.05, 0.1) is 11.0 Å². The van der Waals surface area contributed by atoms with Gasteiger partial charge in [0.25, 0.3) is 0 Å². The molecule has 0 bridgehead atoms. The van der Waals surface area contributed by atoms with E-state index in [1.54, 1.807) is 28.7 Å². The molecule has 0 saturated heterocycles. The highest BCUT2D eigenvalue weighted by Crippen LogP contribution is 2.57. The standard InChI is InChI=1S/C39H36N2O2S3/c1-37(2,3)22-9-11-29-25(16-22)26-17-23(38(4,5)6)10-12-30(26)41(29)33-14-13-31(45-33)32-19-28-35(46-32)34-27(39(28,7)8)18-24(44-34)15-21(20-40)36(42)43/h9-19H,1-8H3,(H,42,43)/b21-15+. The molecule has 4 heterocycles. The highest BCUT2D eigenvalue weighted by Gasteiger charge is 2.39. The lowest BCUT2D eigenvalue weighted by Crippen LogP contribution is -2.13. The van der Waals surface area contributed by atoms with Crippen LogP contribution in [-0.2, 0) is 21.0 Å². The number of rotatable bonds is 4. The van der Waals surface area contributed by atoms with Gasteiger partial charge in [-0.05, 0) is 87.7 Å². The molecular formula is C39H36N2O2S3. The maximum atomic E-state index is 11.5. The van der Waals surface area contributed by atoms with E-state index in [9.17, 15) is 15.2 Å². The Balaban J connectivity index is 1.34. The minimum Gasteiger partial charge on any atom is -0.477 e. The maximum absolute atomic E-state index is 11.5. The van der Waals surface area contributed by atoms with Crippen molar-refractivity contribution in [2.24, 2.45) is 0 Å². The van der Waals surface area contributed by atoms with Crippen LogP contribution in [0.4, 0.5) is 0 Å². The third kappa shape index (κ3) is 4.78. The average Bonchev–Trinajstić information content (AvgIpc) is 3.78. The number of nitriles is 1. The van der Waals surface area contributed by atoms with Crippen molar-refractivity contribution in [3.05, 3.63) is 93.4 Å². The number of carboxylic acids is 1. The topological polar surface area (TPSA) is 66.0 Å². The molecule has 7 rings (SSSR count). The van der Waals surface area contributed by atoms with Crippen molar-refractivity contribution in [1.29, 1.82) is 5.26 Å². The number of aliphatic carboxylic acids is 1. The van der Waals surface area contributed by atoms with E-state index in [-0.39, 0.29) is 21.8 Å². The van der Waals surface area contributed by atoms with Crippen LogP contribution >= 0.6 is 34.0 Å². The fraction of sp³-hybridized carbons (Fsp3) is 0.282. The van der Waals surface area contributed by atoms with Gasteiger partial charge in [0.1, 0.15) is 16.6 Å². The van der Waals surface area contributed by atoms with E-state index in [0.29, 0.717) is 0 Å². The van der Waals surface area contributed by atoms with Gasteiger partial charge in [0, 0.05) is 40.6 Å². The predicted octanol–water partition coefficient (Wildman–Crippen LogP) is 11.5. The number of carboxylic acid groups (broad SMARTS) is 1. The van der Waals surface area contributed by atoms with Crippen molar-refractivity contribution in [3.63, 3.8) is 0 Å². The second kappa shape index (κ2) is 10.3. The Kier molecular flexibility index (Phi) is 6.85. The van der Waals surface area contributed by atoms with E-state index in [1.807, 2.05) is 17.4 Å². The van der Waals surface area contributed by atoms with E-state index in [0.717, 1.165) is 4.88 Å². The molecule has 0 unspecified atom stereocenters. The van der Waals surface area contributed by atoms with Gasteiger partial charge in [-0.3, -0.25) is 0 Å². The molecule has 4 nitrogen and oxygen atoms in total. The molecule has 4 aromatic heterocycles. The van der Waals surface area contributed by atoms with Crippen molar-refractivity contribution in [3.8, 4) is 30.6 Å². The summed E-state index contributed by atoms with van der Waals surface area (Å²) >= 11 is 5.18. The monoisotopic (exact) mass is 660 g/mol. The molecule has 46 heavy (non-hydrogen) atoms. The fourth-order valence-electron chi connectivity index (χ4n) is 6.46. The molecule has 2 aromatic carbocycles. The molecule has 7 heteroatoms. The highest BCUT2D eigenvalue weighted by molar-refractivity contribution is 7.27. The van der Waals surface area contributed by atoms with Crippen LogP contribution in [0.15, 0.2) is 66.2 Å². The van der Waals surface area contributed by atoms with Gasteiger partial charge in [-0.25, -0.2) is 4.79 Å². The lowest BCUT2D eigenvalue weighted by Gasteiger charge is -2.19. The maximum Gasteiger partial charge on any atom is 0.346 e. The van der Waals surface area contributed by atoms with Crippen molar-refractivity contribution >= 4 is 67.9 Å². The second-order valence-electron chi connectivity index (χ2n) is 14.8. The summed E-state index contributed by atoms with van der Waals surface area (Å²) in [7, 11) is 0. The smallest absolute Gasteiger partial charge is 0.346 e. The summed E-state index contributed by atoms with van der Waals surface area (Å²) in [4.78, 5) is 17.1. The minimum absolute atomic E-state index is 0.0570. The average molecular weight is 661 g/mol. The molecule has 1 N–H and O–H groups in total. The Hall–Kier alpha value is -3.96. The Morgan fingerprint density at radius 3 is 1.89 bits per heavy atom. The lowest BCUT2D eigenvalue weighted by atomic mass is 9.84. The summed E-state index contributed by atoms with van der Waals surface area (Å²) in [6.07, 6.45) is 1.49. The van der Waals surface area contributed by atoms with Gasteiger partial charge in [0.15, 0.2) is 0 Å². The van der Waals surface area contributed by atoms with Crippen molar-refractivity contribution in [1.82, 2.24) is 4.57 Å². The number of fused-ring (bicyclic) bond motifs is 6. The predicted molar refractivity (Wildman–Crippen MR) is 196 cm³/mol. The van der Waals surface area contributed by atoms with Crippen LogP contribution in [0, 0.1) is 11.3 Å². The summed E-state index contributed by atoms with van der Waals surface area (Å²) in [5.41, 5.74) is 7.27. The first-order chi connectivity index (χ1) is 21.6. The van der Waals surface area contributed by atoms with E-state index in [2.05, 4.69) is 115 Å². The quantitative estimate of drug-likeness (QED) is 0.151. The number of hydrogen-bond acceptors (Lipinski definition) is 5. The number of hydrogen-bond donors (Lipinski definition) is 1. The van der Waals surface area contributed by atoms with E-state index >= 15 is 0 Å². The summed E-state index contributed by atoms with van der Waals surface area (Å²) in [5.74, 6) is -1.20. The largest absolute Gasteiger partial charge is 0.477 e. The molecule has 0 amide bonds. The van der Waals surface area contributed by atoms with Crippen molar-refractivity contribution in [2.45, 2.75) is 71.6 Å². The Labute approximate surface area is 281 Å². The Morgan fingerprint density at radius 2 is 1.35 bits per heavy atom. The van der Waals surface area contributed by atoms with Crippen molar-refractivity contribution < 1.29 is 9.90 Å². The van der Waals surface area contributed by atoms with Crippen molar-refractivity contribution in [2.75, 3.05) is 0 Å². The minimum atomic E-state index is -1.20. The molecule has 0 spiro atoms. The van der Waals surface area contributed by atoms with Gasteiger partial charge in [0.2, 0.25) is 0 Å². The SMILES string of the molecule is CC(C)(C)c1ccc2c(c1)c1cc(C(C)(C)C)ccc1n2-c1ccc(-c2cc3c(s2)-c2sc(/C=C(\C#N)C(=O)O)cc2C3(C)C)s1. The molecule has 6 aromatic rings. The molecule has 0 aliphatic heterocycles. The zero-order valence-electron chi connectivity index (χ0n) is 27.3. The third-order valence-corrected chi connectivity index (χ3v) is 12.9. The molecule has 232 valence electrons. The van der Waals surface area contributed by atoms with Gasteiger partial charge < -0.3 is 9.67 Å². The lowest BCUT2D eigenvalue weighted by molar-refractivity contribution is -0.132. The first-order valence-electron chi connectivity index (χ1n) is 15.4. The Bertz CT molecular complexity index is 2230. The van der Waals surface area contributed by atoms with Gasteiger partial charge >= 0.3 is 5.97 Å². The first kappa shape index (κ1) is 30.7. The van der Waals surface area contributed by atoms with Crippen LogP contribution in [0.1, 0.15) is 82.5 Å². The zero-order valence-corrected chi connectivity index (χ0v) is 29.8. The molecule has 1 aliphatic carbocycles. The number of aromatic nitrogens is 1. The first-order valence-corrected chi connectivity index (χ1v) is 17.9. The van der Waals surface area contributed by atoms with E-state index in [1.165, 1.54) is 74.6 Å². The summed E-state index contributed by atoms with van der Waals surface area (Å²) < 4.78 is 2.42. The third-order valence-electron chi connectivity index (χ3n) is 9.23. The molecule has 0 radical (unpaired) electrons. The van der Waals surface area contributed by atoms with E-state index in [4.69, 9.17) is 0 Å². The van der Waals surface area contributed by atoms with Gasteiger partial charge in [-0.15, -0.1) is 34.0 Å². The molecule has 0 fully saturated rings. The molecule has 0 atom stereocenters. The molecule has 1 aliphatic rings. The van der Waals surface area contributed by atoms with Crippen LogP contribution < -0.4 is 0 Å². The fourth-order valence-corrected chi connectivity index (χ4v) is 10.3. The zero-order chi connectivity index (χ0) is 32.9. The number of carbonyl (C=O) groups is 1. The molecule has 0 saturated carbocycles. The number of nitrogens with zero attached hydrogens (tertiary/aromatic N) is 2. The number of thiophene rings is 3. The highest BCUT2D eigenvalue weighted by atomic mass is 32.1. The van der Waals surface area contributed by atoms with Crippen LogP contribution in [0.3, 0.4) is 0 Å². The van der Waals surface area contributed by atoms with Gasteiger partial charge in [-0.1, -0.05) is 67.5 Å². The second-order valence-corrected chi connectivity index (χ2v) is 18.0. The Morgan fingerprint density at radius 1 is 0.783 bits per heavy atom. The van der Waals surface area contributed by atoms with Crippen LogP contribution in [0.5, 0.6) is 0 Å². The van der Waals surface area contributed by atoms with Crippen LogP contribution in [0.2, 0.25) is 0 Å². The van der Waals surface area contributed by atoms with Crippen LogP contribution in [0.25, 0.3) is 52.4 Å². The normalized spacial score (nSPS) is 14.5.